The monoisotopic (exact) mass is 424 g/mol. The zero-order chi connectivity index (χ0) is 21.7. The molecule has 0 saturated heterocycles. The summed E-state index contributed by atoms with van der Waals surface area (Å²) < 4.78 is 18.7. The molecule has 4 heteroatoms. The Morgan fingerprint density at radius 1 is 0.903 bits per heavy atom. The predicted octanol–water partition coefficient (Wildman–Crippen LogP) is 5.73. The van der Waals surface area contributed by atoms with Crippen molar-refractivity contribution in [2.24, 2.45) is 5.92 Å². The minimum absolute atomic E-state index is 0.0226. The topological polar surface area (TPSA) is 44.8 Å². The van der Waals surface area contributed by atoms with Crippen molar-refractivity contribution in [2.45, 2.75) is 77.0 Å². The summed E-state index contributed by atoms with van der Waals surface area (Å²) in [5.41, 5.74) is 2.30. The van der Waals surface area contributed by atoms with Gasteiger partial charge in [0.15, 0.2) is 0 Å². The molecular weight excluding hydrogens is 388 g/mol. The lowest BCUT2D eigenvalue weighted by atomic mass is 10.1. The maximum absolute atomic E-state index is 11.6. The predicted molar refractivity (Wildman–Crippen MR) is 123 cm³/mol. The summed E-state index contributed by atoms with van der Waals surface area (Å²) in [6, 6.07) is 20.4. The van der Waals surface area contributed by atoms with Gasteiger partial charge >= 0.3 is 0 Å². The molecule has 2 aromatic carbocycles. The number of ether oxygens (including phenoxy) is 3. The third-order valence-corrected chi connectivity index (χ3v) is 5.99. The van der Waals surface area contributed by atoms with Gasteiger partial charge in [-0.15, -0.1) is 0 Å². The van der Waals surface area contributed by atoms with E-state index >= 15 is 0 Å². The molecule has 4 nitrogen and oxygen atoms in total. The van der Waals surface area contributed by atoms with Crippen LogP contribution in [0.4, 0.5) is 0 Å². The second-order valence-corrected chi connectivity index (χ2v) is 8.42. The Morgan fingerprint density at radius 3 is 2.23 bits per heavy atom. The molecule has 1 fully saturated rings. The Hall–Kier alpha value is -2.01. The Kier molecular flexibility index (Phi) is 10.2. The molecule has 0 radical (unpaired) electrons. The summed E-state index contributed by atoms with van der Waals surface area (Å²) in [6.07, 6.45) is 6.93. The molecule has 0 aromatic heterocycles. The number of hydrogen-bond acceptors (Lipinski definition) is 4. The van der Waals surface area contributed by atoms with E-state index in [0.29, 0.717) is 19.8 Å². The smallest absolute Gasteiger partial charge is 0.125 e. The molecule has 4 atom stereocenters. The normalized spacial score (nSPS) is 21.8. The van der Waals surface area contributed by atoms with Gasteiger partial charge in [-0.1, -0.05) is 86.8 Å². The van der Waals surface area contributed by atoms with Gasteiger partial charge in [-0.25, -0.2) is 0 Å². The summed E-state index contributed by atoms with van der Waals surface area (Å²) in [5.74, 6) is -0.105. The Morgan fingerprint density at radius 2 is 1.58 bits per heavy atom. The van der Waals surface area contributed by atoms with Crippen LogP contribution in [0.1, 0.15) is 56.6 Å². The van der Waals surface area contributed by atoms with Crippen LogP contribution in [0.2, 0.25) is 0 Å². The van der Waals surface area contributed by atoms with Gasteiger partial charge in [-0.05, 0) is 30.4 Å². The molecule has 1 aliphatic rings. The molecule has 0 amide bonds. The zero-order valence-electron chi connectivity index (χ0n) is 18.7. The van der Waals surface area contributed by atoms with Crippen LogP contribution in [-0.2, 0) is 32.2 Å². The van der Waals surface area contributed by atoms with Crippen molar-refractivity contribution in [3.8, 4) is 0 Å². The highest BCUT2D eigenvalue weighted by Gasteiger charge is 2.38. The van der Waals surface area contributed by atoms with Crippen LogP contribution >= 0.6 is 0 Å². The van der Waals surface area contributed by atoms with Crippen LogP contribution in [0.3, 0.4) is 0 Å². The van der Waals surface area contributed by atoms with Crippen LogP contribution in [0, 0.1) is 5.92 Å². The number of unbranched alkanes of at least 4 members (excludes halogenated alkanes) is 2. The van der Waals surface area contributed by atoms with Gasteiger partial charge in [0, 0.05) is 5.92 Å². The maximum atomic E-state index is 11.6. The molecule has 0 heterocycles. The lowest BCUT2D eigenvalue weighted by Crippen LogP contribution is -2.35. The third-order valence-electron chi connectivity index (χ3n) is 5.99. The molecule has 0 aliphatic heterocycles. The number of aldehydes is 1. The SMILES string of the molecule is CCCCC[C@H](COC1C(C=O)CCC1OCc1ccccc1)OCc1ccccc1. The van der Waals surface area contributed by atoms with Crippen LogP contribution in [0.15, 0.2) is 60.7 Å². The Balaban J connectivity index is 1.54. The standard InChI is InChI=1S/C27H36O4/c1-2-3-6-15-25(29-19-22-11-7-4-8-12-22)21-31-27-24(18-28)16-17-26(27)30-20-23-13-9-5-10-14-23/h4-5,7-14,18,24-27H,2-3,6,15-17,19-21H2,1H3/t24?,25-,26?,27?/m1/s1. The van der Waals surface area contributed by atoms with E-state index < -0.39 is 0 Å². The quantitative estimate of drug-likeness (QED) is 0.287. The number of carbonyl (C=O) groups excluding carboxylic acids is 1. The molecule has 3 unspecified atom stereocenters. The van der Waals surface area contributed by atoms with Crippen LogP contribution < -0.4 is 0 Å². The van der Waals surface area contributed by atoms with E-state index in [9.17, 15) is 4.79 Å². The fourth-order valence-corrected chi connectivity index (χ4v) is 4.14. The second kappa shape index (κ2) is 13.4. The van der Waals surface area contributed by atoms with Crippen molar-refractivity contribution in [2.75, 3.05) is 6.61 Å². The first kappa shape index (κ1) is 23.6. The number of benzene rings is 2. The molecule has 168 valence electrons. The zero-order valence-corrected chi connectivity index (χ0v) is 18.7. The van der Waals surface area contributed by atoms with E-state index in [1.165, 1.54) is 18.4 Å². The number of hydrogen-bond donors (Lipinski definition) is 0. The van der Waals surface area contributed by atoms with Crippen LogP contribution in [0.25, 0.3) is 0 Å². The van der Waals surface area contributed by atoms with E-state index in [0.717, 1.165) is 37.5 Å². The molecule has 0 N–H and O–H groups in total. The van der Waals surface area contributed by atoms with Crippen LogP contribution in [-0.4, -0.2) is 31.2 Å². The van der Waals surface area contributed by atoms with E-state index in [1.807, 2.05) is 36.4 Å². The van der Waals surface area contributed by atoms with E-state index in [2.05, 4.69) is 31.2 Å². The third kappa shape index (κ3) is 7.88. The second-order valence-electron chi connectivity index (χ2n) is 8.42. The van der Waals surface area contributed by atoms with Crippen molar-refractivity contribution in [1.82, 2.24) is 0 Å². The van der Waals surface area contributed by atoms with Crippen molar-refractivity contribution < 1.29 is 19.0 Å². The van der Waals surface area contributed by atoms with Gasteiger partial charge in [0.05, 0.1) is 38.1 Å². The Labute approximate surface area is 186 Å². The highest BCUT2D eigenvalue weighted by atomic mass is 16.6. The molecule has 0 spiro atoms. The summed E-state index contributed by atoms with van der Waals surface area (Å²) in [5, 5.41) is 0. The Bertz CT molecular complexity index is 733. The summed E-state index contributed by atoms with van der Waals surface area (Å²) in [4.78, 5) is 11.6. The maximum Gasteiger partial charge on any atom is 0.125 e. The van der Waals surface area contributed by atoms with Gasteiger partial charge in [-0.2, -0.15) is 0 Å². The summed E-state index contributed by atoms with van der Waals surface area (Å²) in [6.45, 7) is 3.83. The van der Waals surface area contributed by atoms with Crippen molar-refractivity contribution in [3.05, 3.63) is 71.8 Å². The summed E-state index contributed by atoms with van der Waals surface area (Å²) >= 11 is 0. The first-order valence-electron chi connectivity index (χ1n) is 11.7. The van der Waals surface area contributed by atoms with Crippen molar-refractivity contribution in [1.29, 1.82) is 0 Å². The highest BCUT2D eigenvalue weighted by Crippen LogP contribution is 2.31. The minimum Gasteiger partial charge on any atom is -0.372 e. The highest BCUT2D eigenvalue weighted by molar-refractivity contribution is 5.55. The fraction of sp³-hybridized carbons (Fsp3) is 0.519. The van der Waals surface area contributed by atoms with E-state index in [4.69, 9.17) is 14.2 Å². The molecule has 2 aromatic rings. The minimum atomic E-state index is -0.199. The molecule has 31 heavy (non-hydrogen) atoms. The van der Waals surface area contributed by atoms with Gasteiger partial charge in [-0.3, -0.25) is 0 Å². The van der Waals surface area contributed by atoms with Gasteiger partial charge in [0.1, 0.15) is 6.29 Å². The van der Waals surface area contributed by atoms with E-state index in [-0.39, 0.29) is 24.2 Å². The summed E-state index contributed by atoms with van der Waals surface area (Å²) in [7, 11) is 0. The molecule has 1 aliphatic carbocycles. The first-order chi connectivity index (χ1) is 15.3. The lowest BCUT2D eigenvalue weighted by Gasteiger charge is -2.26. The van der Waals surface area contributed by atoms with Gasteiger partial charge in [0.25, 0.3) is 0 Å². The largest absolute Gasteiger partial charge is 0.372 e. The average molecular weight is 425 g/mol. The molecule has 1 saturated carbocycles. The molecular formula is C27H36O4. The number of carbonyl (C=O) groups is 1. The van der Waals surface area contributed by atoms with E-state index in [1.54, 1.807) is 0 Å². The van der Waals surface area contributed by atoms with Crippen molar-refractivity contribution in [3.63, 3.8) is 0 Å². The van der Waals surface area contributed by atoms with Crippen LogP contribution in [0.5, 0.6) is 0 Å². The first-order valence-corrected chi connectivity index (χ1v) is 11.7. The molecule has 0 bridgehead atoms. The molecule has 3 rings (SSSR count). The van der Waals surface area contributed by atoms with Gasteiger partial charge < -0.3 is 19.0 Å². The van der Waals surface area contributed by atoms with Crippen molar-refractivity contribution >= 4 is 6.29 Å². The average Bonchev–Trinajstić information content (AvgIpc) is 3.22. The van der Waals surface area contributed by atoms with Gasteiger partial charge in [0.2, 0.25) is 0 Å². The lowest BCUT2D eigenvalue weighted by molar-refractivity contribution is -0.128. The fourth-order valence-electron chi connectivity index (χ4n) is 4.14. The number of rotatable bonds is 14.